The Morgan fingerprint density at radius 3 is 2.61 bits per heavy atom. The van der Waals surface area contributed by atoms with E-state index in [1.165, 1.54) is 0 Å². The molecular formula is C14H29N3O. The molecule has 1 rings (SSSR count). The third-order valence-electron chi connectivity index (χ3n) is 3.85. The Hall–Kier alpha value is -0.610. The molecule has 1 N–H and O–H groups in total. The Labute approximate surface area is 112 Å². The molecule has 18 heavy (non-hydrogen) atoms. The summed E-state index contributed by atoms with van der Waals surface area (Å²) < 4.78 is 0. The minimum Gasteiger partial charge on any atom is -0.325 e. The van der Waals surface area contributed by atoms with E-state index in [1.807, 2.05) is 4.90 Å². The van der Waals surface area contributed by atoms with Crippen LogP contribution in [-0.4, -0.2) is 54.6 Å². The molecule has 1 heterocycles. The van der Waals surface area contributed by atoms with Gasteiger partial charge in [-0.05, 0) is 26.4 Å². The van der Waals surface area contributed by atoms with E-state index in [4.69, 9.17) is 0 Å². The fourth-order valence-corrected chi connectivity index (χ4v) is 2.40. The lowest BCUT2D eigenvalue weighted by atomic mass is 10.1. The van der Waals surface area contributed by atoms with Gasteiger partial charge in [0.2, 0.25) is 5.91 Å². The number of hydrogen-bond donors (Lipinski definition) is 1. The van der Waals surface area contributed by atoms with Crippen molar-refractivity contribution in [2.24, 2.45) is 0 Å². The van der Waals surface area contributed by atoms with Crippen LogP contribution >= 0.6 is 0 Å². The van der Waals surface area contributed by atoms with Gasteiger partial charge in [0.05, 0.1) is 12.2 Å². The maximum absolute atomic E-state index is 12.3. The summed E-state index contributed by atoms with van der Waals surface area (Å²) in [7, 11) is 2.10. The first kappa shape index (κ1) is 15.4. The second-order valence-electron chi connectivity index (χ2n) is 5.21. The zero-order valence-corrected chi connectivity index (χ0v) is 12.4. The molecule has 4 nitrogen and oxygen atoms in total. The predicted octanol–water partition coefficient (Wildman–Crippen LogP) is 1.66. The molecule has 0 aliphatic carbocycles. The number of carbonyl (C=O) groups excluding carboxylic acids is 1. The Bertz CT molecular complexity index is 257. The molecule has 0 aromatic heterocycles. The number of carbonyl (C=O) groups is 1. The van der Waals surface area contributed by atoms with Gasteiger partial charge in [-0.25, -0.2) is 0 Å². The lowest BCUT2D eigenvalue weighted by Gasteiger charge is -2.25. The fourth-order valence-electron chi connectivity index (χ4n) is 2.40. The van der Waals surface area contributed by atoms with E-state index in [0.717, 1.165) is 45.3 Å². The van der Waals surface area contributed by atoms with Gasteiger partial charge in [0.15, 0.2) is 0 Å². The van der Waals surface area contributed by atoms with Crippen LogP contribution in [-0.2, 0) is 4.79 Å². The van der Waals surface area contributed by atoms with Crippen molar-refractivity contribution in [3.8, 4) is 0 Å². The summed E-state index contributed by atoms with van der Waals surface area (Å²) in [6, 6.07) is 0.0573. The summed E-state index contributed by atoms with van der Waals surface area (Å²) >= 11 is 0. The number of hydrogen-bond acceptors (Lipinski definition) is 3. The normalized spacial score (nSPS) is 24.3. The van der Waals surface area contributed by atoms with Gasteiger partial charge in [-0.3, -0.25) is 10.1 Å². The van der Waals surface area contributed by atoms with Gasteiger partial charge in [-0.2, -0.15) is 0 Å². The lowest BCUT2D eigenvalue weighted by molar-refractivity contribution is -0.130. The van der Waals surface area contributed by atoms with Crippen LogP contribution in [0.5, 0.6) is 0 Å². The van der Waals surface area contributed by atoms with Crippen molar-refractivity contribution < 1.29 is 4.79 Å². The highest BCUT2D eigenvalue weighted by Crippen LogP contribution is 2.17. The summed E-state index contributed by atoms with van der Waals surface area (Å²) in [5.41, 5.74) is 0. The van der Waals surface area contributed by atoms with Gasteiger partial charge < -0.3 is 9.80 Å². The third-order valence-corrected chi connectivity index (χ3v) is 3.85. The zero-order chi connectivity index (χ0) is 13.5. The molecule has 0 aromatic rings. The van der Waals surface area contributed by atoms with E-state index in [2.05, 4.69) is 38.0 Å². The van der Waals surface area contributed by atoms with E-state index in [9.17, 15) is 4.79 Å². The number of nitrogens with zero attached hydrogens (tertiary/aromatic N) is 2. The van der Waals surface area contributed by atoms with Gasteiger partial charge in [0, 0.05) is 13.1 Å². The van der Waals surface area contributed by atoms with Crippen LogP contribution in [0.4, 0.5) is 0 Å². The smallest absolute Gasteiger partial charge is 0.241 e. The molecule has 1 amide bonds. The fraction of sp³-hybridized carbons (Fsp3) is 0.929. The highest BCUT2D eigenvalue weighted by molar-refractivity contribution is 5.84. The minimum atomic E-state index is 0.0573. The van der Waals surface area contributed by atoms with Gasteiger partial charge in [-0.15, -0.1) is 0 Å². The number of unbranched alkanes of at least 4 members (excludes halogenated alkanes) is 1. The Morgan fingerprint density at radius 2 is 2.06 bits per heavy atom. The van der Waals surface area contributed by atoms with Gasteiger partial charge in [0.1, 0.15) is 0 Å². The van der Waals surface area contributed by atoms with Gasteiger partial charge in [0.25, 0.3) is 0 Å². The number of nitrogens with one attached hydrogen (secondary N) is 1. The highest BCUT2D eigenvalue weighted by atomic mass is 16.2. The Morgan fingerprint density at radius 1 is 1.33 bits per heavy atom. The summed E-state index contributed by atoms with van der Waals surface area (Å²) in [6.45, 7) is 9.30. The highest BCUT2D eigenvalue weighted by Gasteiger charge is 2.36. The predicted molar refractivity (Wildman–Crippen MR) is 75.4 cm³/mol. The number of amides is 1. The topological polar surface area (TPSA) is 35.6 Å². The Balaban J connectivity index is 2.51. The van der Waals surface area contributed by atoms with E-state index >= 15 is 0 Å². The third kappa shape index (κ3) is 3.95. The van der Waals surface area contributed by atoms with Gasteiger partial charge >= 0.3 is 0 Å². The first-order chi connectivity index (χ1) is 8.63. The standard InChI is InChI=1S/C14H29N3O/c1-5-8-9-12-14(18)17(13(6-2)15-12)11-10-16(4)7-3/h12-13,15H,5-11H2,1-4H3. The molecule has 1 aliphatic heterocycles. The Kier molecular flexibility index (Phi) is 6.65. The molecule has 0 aromatic carbocycles. The second-order valence-corrected chi connectivity index (χ2v) is 5.21. The van der Waals surface area contributed by atoms with Crippen LogP contribution in [0.25, 0.3) is 0 Å². The van der Waals surface area contributed by atoms with Crippen molar-refractivity contribution >= 4 is 5.91 Å². The summed E-state index contributed by atoms with van der Waals surface area (Å²) in [4.78, 5) is 16.6. The maximum atomic E-state index is 12.3. The molecule has 2 atom stereocenters. The van der Waals surface area contributed by atoms with Crippen molar-refractivity contribution in [1.29, 1.82) is 0 Å². The lowest BCUT2D eigenvalue weighted by Crippen LogP contribution is -2.41. The van der Waals surface area contributed by atoms with Gasteiger partial charge in [-0.1, -0.05) is 33.6 Å². The summed E-state index contributed by atoms with van der Waals surface area (Å²) in [5.74, 6) is 0.305. The van der Waals surface area contributed by atoms with E-state index in [1.54, 1.807) is 0 Å². The molecule has 0 spiro atoms. The number of rotatable bonds is 8. The first-order valence-electron chi connectivity index (χ1n) is 7.39. The maximum Gasteiger partial charge on any atom is 0.241 e. The van der Waals surface area contributed by atoms with Crippen LogP contribution in [0.15, 0.2) is 0 Å². The molecule has 1 aliphatic rings. The minimum absolute atomic E-state index is 0.0573. The van der Waals surface area contributed by atoms with Crippen molar-refractivity contribution in [1.82, 2.24) is 15.1 Å². The number of likely N-dealkylation sites (N-methyl/N-ethyl adjacent to an activating group) is 1. The zero-order valence-electron chi connectivity index (χ0n) is 12.4. The average Bonchev–Trinajstić information content (AvgIpc) is 2.69. The first-order valence-corrected chi connectivity index (χ1v) is 7.39. The van der Waals surface area contributed by atoms with E-state index < -0.39 is 0 Å². The molecule has 4 heteroatoms. The van der Waals surface area contributed by atoms with Crippen LogP contribution in [0, 0.1) is 0 Å². The average molecular weight is 255 g/mol. The SMILES string of the molecule is CCCCC1NC(CC)N(CCN(C)CC)C1=O. The largest absolute Gasteiger partial charge is 0.325 e. The van der Waals surface area contributed by atoms with E-state index in [0.29, 0.717) is 5.91 Å². The monoisotopic (exact) mass is 255 g/mol. The summed E-state index contributed by atoms with van der Waals surface area (Å²) in [6.07, 6.45) is 4.49. The van der Waals surface area contributed by atoms with Crippen LogP contribution in [0.3, 0.4) is 0 Å². The second kappa shape index (κ2) is 7.74. The van der Waals surface area contributed by atoms with Crippen molar-refractivity contribution in [2.45, 2.75) is 58.7 Å². The van der Waals surface area contributed by atoms with Crippen LogP contribution < -0.4 is 5.32 Å². The van der Waals surface area contributed by atoms with Crippen molar-refractivity contribution in [2.75, 3.05) is 26.7 Å². The molecule has 1 saturated heterocycles. The molecular weight excluding hydrogens is 226 g/mol. The van der Waals surface area contributed by atoms with Crippen molar-refractivity contribution in [3.05, 3.63) is 0 Å². The quantitative estimate of drug-likeness (QED) is 0.716. The molecule has 106 valence electrons. The van der Waals surface area contributed by atoms with E-state index in [-0.39, 0.29) is 12.2 Å². The molecule has 0 saturated carbocycles. The van der Waals surface area contributed by atoms with Crippen LogP contribution in [0.2, 0.25) is 0 Å². The molecule has 0 radical (unpaired) electrons. The molecule has 1 fully saturated rings. The molecule has 0 bridgehead atoms. The van der Waals surface area contributed by atoms with Crippen LogP contribution in [0.1, 0.15) is 46.5 Å². The summed E-state index contributed by atoms with van der Waals surface area (Å²) in [5, 5.41) is 3.47. The molecule has 2 unspecified atom stereocenters. The van der Waals surface area contributed by atoms with Crippen molar-refractivity contribution in [3.63, 3.8) is 0 Å².